The highest BCUT2D eigenvalue weighted by Gasteiger charge is 2.21. The van der Waals surface area contributed by atoms with E-state index in [1.165, 1.54) is 12.1 Å². The number of hydrogen-bond donors (Lipinski definition) is 2. The summed E-state index contributed by atoms with van der Waals surface area (Å²) in [4.78, 5) is 25.0. The zero-order chi connectivity index (χ0) is 18.4. The van der Waals surface area contributed by atoms with Crippen molar-refractivity contribution in [3.8, 4) is 0 Å². The maximum absolute atomic E-state index is 12.9. The predicted molar refractivity (Wildman–Crippen MR) is 96.1 cm³/mol. The molecule has 2 N–H and O–H groups in total. The minimum atomic E-state index is -0.737. The van der Waals surface area contributed by atoms with Crippen LogP contribution in [0.15, 0.2) is 64.6 Å². The molecular weight excluding hydrogens is 355 g/mol. The van der Waals surface area contributed by atoms with Gasteiger partial charge in [-0.05, 0) is 41.3 Å². The molecular formula is C19H17FN2O3S. The Bertz CT molecular complexity index is 811. The molecule has 26 heavy (non-hydrogen) atoms. The minimum Gasteiger partial charge on any atom is -0.469 e. The lowest BCUT2D eigenvalue weighted by atomic mass is 10.0. The van der Waals surface area contributed by atoms with Crippen LogP contribution in [0.2, 0.25) is 0 Å². The molecule has 2 aromatic heterocycles. The largest absolute Gasteiger partial charge is 0.469 e. The second-order valence-electron chi connectivity index (χ2n) is 5.60. The van der Waals surface area contributed by atoms with Gasteiger partial charge in [-0.3, -0.25) is 9.59 Å². The van der Waals surface area contributed by atoms with E-state index in [0.717, 1.165) is 10.6 Å². The van der Waals surface area contributed by atoms with Crippen LogP contribution in [0, 0.1) is 5.82 Å². The Hall–Kier alpha value is -2.93. The number of rotatable bonds is 6. The molecule has 0 aliphatic heterocycles. The Balaban J connectivity index is 1.54. The van der Waals surface area contributed by atoms with Crippen molar-refractivity contribution in [2.45, 2.75) is 12.5 Å². The SMILES string of the molecule is O=C(NCc1ccc(F)cc1)C(=O)NCC(c1ccco1)c1cccs1. The molecule has 1 aromatic carbocycles. The van der Waals surface area contributed by atoms with Gasteiger partial charge in [0.1, 0.15) is 11.6 Å². The molecule has 0 radical (unpaired) electrons. The van der Waals surface area contributed by atoms with Crippen LogP contribution < -0.4 is 10.6 Å². The lowest BCUT2D eigenvalue weighted by molar-refractivity contribution is -0.139. The van der Waals surface area contributed by atoms with Gasteiger partial charge in [0.2, 0.25) is 0 Å². The highest BCUT2D eigenvalue weighted by atomic mass is 32.1. The van der Waals surface area contributed by atoms with Crippen molar-refractivity contribution >= 4 is 23.2 Å². The van der Waals surface area contributed by atoms with Gasteiger partial charge in [-0.25, -0.2) is 4.39 Å². The molecule has 0 spiro atoms. The van der Waals surface area contributed by atoms with Crippen molar-refractivity contribution in [2.75, 3.05) is 6.54 Å². The quantitative estimate of drug-likeness (QED) is 0.654. The topological polar surface area (TPSA) is 71.3 Å². The summed E-state index contributed by atoms with van der Waals surface area (Å²) in [7, 11) is 0. The van der Waals surface area contributed by atoms with Crippen LogP contribution in [-0.4, -0.2) is 18.4 Å². The summed E-state index contributed by atoms with van der Waals surface area (Å²) in [5.74, 6) is -1.24. The lowest BCUT2D eigenvalue weighted by Gasteiger charge is -2.14. The maximum Gasteiger partial charge on any atom is 0.309 e. The molecule has 3 rings (SSSR count). The van der Waals surface area contributed by atoms with E-state index < -0.39 is 11.8 Å². The summed E-state index contributed by atoms with van der Waals surface area (Å²) in [5, 5.41) is 7.10. The summed E-state index contributed by atoms with van der Waals surface area (Å²) in [6.45, 7) is 0.399. The molecule has 2 heterocycles. The van der Waals surface area contributed by atoms with E-state index in [0.29, 0.717) is 5.56 Å². The molecule has 134 valence electrons. The molecule has 2 amide bonds. The Morgan fingerprint density at radius 3 is 2.46 bits per heavy atom. The Morgan fingerprint density at radius 1 is 1.04 bits per heavy atom. The number of halogens is 1. The number of furan rings is 1. The van der Waals surface area contributed by atoms with Gasteiger partial charge in [-0.15, -0.1) is 11.3 Å². The Morgan fingerprint density at radius 2 is 1.81 bits per heavy atom. The number of benzene rings is 1. The van der Waals surface area contributed by atoms with Gasteiger partial charge in [-0.1, -0.05) is 18.2 Å². The van der Waals surface area contributed by atoms with Gasteiger partial charge in [0.15, 0.2) is 0 Å². The molecule has 3 aromatic rings. The smallest absolute Gasteiger partial charge is 0.309 e. The summed E-state index contributed by atoms with van der Waals surface area (Å²) in [6, 6.07) is 13.2. The first-order valence-corrected chi connectivity index (χ1v) is 8.88. The zero-order valence-electron chi connectivity index (χ0n) is 13.8. The molecule has 0 aliphatic rings. The van der Waals surface area contributed by atoms with E-state index in [4.69, 9.17) is 4.42 Å². The average Bonchev–Trinajstić information content (AvgIpc) is 3.35. The van der Waals surface area contributed by atoms with E-state index in [9.17, 15) is 14.0 Å². The fraction of sp³-hybridized carbons (Fsp3) is 0.158. The summed E-state index contributed by atoms with van der Waals surface area (Å²) in [5.41, 5.74) is 0.708. The molecule has 1 atom stereocenters. The molecule has 0 saturated heterocycles. The van der Waals surface area contributed by atoms with Gasteiger partial charge in [-0.2, -0.15) is 0 Å². The standard InChI is InChI=1S/C19H17FN2O3S/c20-14-7-5-13(6-8-14)11-21-18(23)19(24)22-12-15(16-3-1-9-25-16)17-4-2-10-26-17/h1-10,15H,11-12H2,(H,21,23)(H,22,24). The third-order valence-corrected chi connectivity index (χ3v) is 4.80. The second-order valence-corrected chi connectivity index (χ2v) is 6.58. The first-order valence-electron chi connectivity index (χ1n) is 8.01. The average molecular weight is 372 g/mol. The number of carbonyl (C=O) groups excluding carboxylic acids is 2. The van der Waals surface area contributed by atoms with Crippen LogP contribution in [0.3, 0.4) is 0 Å². The van der Waals surface area contributed by atoms with E-state index in [1.807, 2.05) is 23.6 Å². The fourth-order valence-electron chi connectivity index (χ4n) is 2.46. The summed E-state index contributed by atoms with van der Waals surface area (Å²) < 4.78 is 18.3. The van der Waals surface area contributed by atoms with Gasteiger partial charge < -0.3 is 15.1 Å². The van der Waals surface area contributed by atoms with Crippen LogP contribution in [0.1, 0.15) is 22.1 Å². The van der Waals surface area contributed by atoms with E-state index >= 15 is 0 Å². The van der Waals surface area contributed by atoms with Crippen LogP contribution in [0.25, 0.3) is 0 Å². The first-order chi connectivity index (χ1) is 12.6. The fourth-order valence-corrected chi connectivity index (χ4v) is 3.30. The molecule has 0 aliphatic carbocycles. The molecule has 0 saturated carbocycles. The molecule has 7 heteroatoms. The van der Waals surface area contributed by atoms with Gasteiger partial charge >= 0.3 is 11.8 Å². The highest BCUT2D eigenvalue weighted by Crippen LogP contribution is 2.28. The maximum atomic E-state index is 12.9. The van der Waals surface area contributed by atoms with Crippen molar-refractivity contribution in [3.63, 3.8) is 0 Å². The number of nitrogens with one attached hydrogen (secondary N) is 2. The zero-order valence-corrected chi connectivity index (χ0v) is 14.6. The third-order valence-electron chi connectivity index (χ3n) is 3.81. The van der Waals surface area contributed by atoms with Crippen LogP contribution >= 0.6 is 11.3 Å². The van der Waals surface area contributed by atoms with E-state index in [1.54, 1.807) is 35.8 Å². The monoisotopic (exact) mass is 372 g/mol. The number of amides is 2. The van der Waals surface area contributed by atoms with Crippen molar-refractivity contribution < 1.29 is 18.4 Å². The van der Waals surface area contributed by atoms with Crippen molar-refractivity contribution in [2.24, 2.45) is 0 Å². The molecule has 5 nitrogen and oxygen atoms in total. The highest BCUT2D eigenvalue weighted by molar-refractivity contribution is 7.10. The number of hydrogen-bond acceptors (Lipinski definition) is 4. The van der Waals surface area contributed by atoms with Gasteiger partial charge in [0, 0.05) is 18.0 Å². The first kappa shape index (κ1) is 17.9. The predicted octanol–water partition coefficient (Wildman–Crippen LogP) is 3.04. The molecule has 0 fully saturated rings. The second kappa shape index (κ2) is 8.44. The van der Waals surface area contributed by atoms with Gasteiger partial charge in [0.05, 0.1) is 12.2 Å². The van der Waals surface area contributed by atoms with Crippen molar-refractivity contribution in [1.82, 2.24) is 10.6 Å². The normalized spacial score (nSPS) is 11.7. The molecule has 0 bridgehead atoms. The molecule has 1 unspecified atom stereocenters. The van der Waals surface area contributed by atoms with Crippen LogP contribution in [0.5, 0.6) is 0 Å². The summed E-state index contributed by atoms with van der Waals surface area (Å²) >= 11 is 1.56. The lowest BCUT2D eigenvalue weighted by Crippen LogP contribution is -2.41. The van der Waals surface area contributed by atoms with Crippen LogP contribution in [0.4, 0.5) is 4.39 Å². The van der Waals surface area contributed by atoms with E-state index in [-0.39, 0.29) is 24.8 Å². The minimum absolute atomic E-state index is 0.152. The van der Waals surface area contributed by atoms with Crippen molar-refractivity contribution in [1.29, 1.82) is 0 Å². The van der Waals surface area contributed by atoms with Crippen molar-refractivity contribution in [3.05, 3.63) is 82.2 Å². The Kier molecular flexibility index (Phi) is 5.80. The number of thiophene rings is 1. The van der Waals surface area contributed by atoms with Crippen LogP contribution in [-0.2, 0) is 16.1 Å². The summed E-state index contributed by atoms with van der Waals surface area (Å²) in [6.07, 6.45) is 1.58. The van der Waals surface area contributed by atoms with Gasteiger partial charge in [0.25, 0.3) is 0 Å². The third kappa shape index (κ3) is 4.58. The number of carbonyl (C=O) groups is 2. The van der Waals surface area contributed by atoms with E-state index in [2.05, 4.69) is 10.6 Å². The Labute approximate surface area is 153 Å².